The van der Waals surface area contributed by atoms with Crippen molar-refractivity contribution in [2.24, 2.45) is 0 Å². The van der Waals surface area contributed by atoms with Crippen molar-refractivity contribution in [3.05, 3.63) is 47.5 Å². The van der Waals surface area contributed by atoms with Crippen LogP contribution >= 0.6 is 0 Å². The molecule has 0 aliphatic rings. The van der Waals surface area contributed by atoms with E-state index in [-0.39, 0.29) is 12.1 Å². The largest absolute Gasteiger partial charge is 0.348 e. The van der Waals surface area contributed by atoms with Gasteiger partial charge in [0.05, 0.1) is 11.8 Å². The topological polar surface area (TPSA) is 70.7 Å². The first-order valence-electron chi connectivity index (χ1n) is 4.74. The van der Waals surface area contributed by atoms with E-state index < -0.39 is 17.7 Å². The maximum atomic E-state index is 13.2. The number of aromatic nitrogens is 3. The molecule has 2 rings (SSSR count). The highest BCUT2D eigenvalue weighted by atomic mass is 19.2. The first kappa shape index (κ1) is 11.2. The fourth-order valence-corrected chi connectivity index (χ4v) is 1.25. The van der Waals surface area contributed by atoms with Gasteiger partial charge in [-0.3, -0.25) is 9.89 Å². The number of hydrogen-bond acceptors (Lipinski definition) is 3. The molecule has 1 amide bonds. The van der Waals surface area contributed by atoms with Crippen LogP contribution in [-0.4, -0.2) is 21.1 Å². The molecule has 0 unspecified atom stereocenters. The standard InChI is InChI=1S/C10H8F2N4O/c11-8-7(1-2-13-9(8)12)10(17)14-3-6-4-15-16-5-6/h1-2,4-5H,3H2,(H,14,17)(H,15,16). The van der Waals surface area contributed by atoms with E-state index in [1.54, 1.807) is 6.20 Å². The van der Waals surface area contributed by atoms with Crippen LogP contribution in [0.2, 0.25) is 0 Å². The number of nitrogens with zero attached hydrogens (tertiary/aromatic N) is 2. The molecule has 7 heteroatoms. The summed E-state index contributed by atoms with van der Waals surface area (Å²) >= 11 is 0. The fourth-order valence-electron chi connectivity index (χ4n) is 1.25. The van der Waals surface area contributed by atoms with Crippen LogP contribution in [0.3, 0.4) is 0 Å². The average Bonchev–Trinajstić information content (AvgIpc) is 2.82. The molecule has 0 aliphatic carbocycles. The van der Waals surface area contributed by atoms with Crippen molar-refractivity contribution in [3.63, 3.8) is 0 Å². The fraction of sp³-hybridized carbons (Fsp3) is 0.100. The summed E-state index contributed by atoms with van der Waals surface area (Å²) in [5, 5.41) is 8.69. The number of halogens is 2. The third kappa shape index (κ3) is 2.44. The predicted octanol–water partition coefficient (Wildman–Crippen LogP) is 1.01. The van der Waals surface area contributed by atoms with E-state index in [0.29, 0.717) is 0 Å². The van der Waals surface area contributed by atoms with Gasteiger partial charge < -0.3 is 5.32 Å². The van der Waals surface area contributed by atoms with Gasteiger partial charge in [-0.05, 0) is 6.07 Å². The zero-order valence-corrected chi connectivity index (χ0v) is 8.58. The minimum atomic E-state index is -1.29. The number of pyridine rings is 1. The van der Waals surface area contributed by atoms with Gasteiger partial charge in [-0.15, -0.1) is 0 Å². The van der Waals surface area contributed by atoms with Crippen molar-refractivity contribution in [2.45, 2.75) is 6.54 Å². The number of nitrogens with one attached hydrogen (secondary N) is 2. The Balaban J connectivity index is 2.07. The molecule has 2 N–H and O–H groups in total. The Morgan fingerprint density at radius 1 is 1.47 bits per heavy atom. The Morgan fingerprint density at radius 2 is 2.29 bits per heavy atom. The number of carbonyl (C=O) groups is 1. The van der Waals surface area contributed by atoms with Crippen LogP contribution < -0.4 is 5.32 Å². The molecule has 0 aliphatic heterocycles. The zero-order valence-electron chi connectivity index (χ0n) is 8.58. The molecule has 0 spiro atoms. The molecule has 17 heavy (non-hydrogen) atoms. The smallest absolute Gasteiger partial charge is 0.254 e. The molecular formula is C10H8F2N4O. The Labute approximate surface area is 94.9 Å². The lowest BCUT2D eigenvalue weighted by molar-refractivity contribution is 0.0945. The van der Waals surface area contributed by atoms with Crippen LogP contribution in [0.25, 0.3) is 0 Å². The monoisotopic (exact) mass is 238 g/mol. The molecule has 5 nitrogen and oxygen atoms in total. The molecule has 0 saturated heterocycles. The molecule has 0 aromatic carbocycles. The third-order valence-corrected chi connectivity index (χ3v) is 2.10. The summed E-state index contributed by atoms with van der Waals surface area (Å²) in [6, 6.07) is 1.11. The molecule has 0 fully saturated rings. The quantitative estimate of drug-likeness (QED) is 0.784. The highest BCUT2D eigenvalue weighted by Crippen LogP contribution is 2.08. The summed E-state index contributed by atoms with van der Waals surface area (Å²) in [5.41, 5.74) is 0.356. The number of amides is 1. The van der Waals surface area contributed by atoms with Crippen LogP contribution in [0, 0.1) is 11.8 Å². The minimum Gasteiger partial charge on any atom is -0.348 e. The van der Waals surface area contributed by atoms with E-state index >= 15 is 0 Å². The summed E-state index contributed by atoms with van der Waals surface area (Å²) in [6.45, 7) is 0.179. The lowest BCUT2D eigenvalue weighted by Crippen LogP contribution is -2.24. The maximum Gasteiger partial charge on any atom is 0.254 e. The molecule has 0 saturated carbocycles. The van der Waals surface area contributed by atoms with E-state index in [0.717, 1.165) is 17.8 Å². The second-order valence-corrected chi connectivity index (χ2v) is 3.25. The first-order chi connectivity index (χ1) is 8.18. The summed E-state index contributed by atoms with van der Waals surface area (Å²) in [5.74, 6) is -3.25. The lowest BCUT2D eigenvalue weighted by atomic mass is 10.2. The van der Waals surface area contributed by atoms with Gasteiger partial charge in [0.15, 0.2) is 5.82 Å². The average molecular weight is 238 g/mol. The van der Waals surface area contributed by atoms with Gasteiger partial charge in [0.25, 0.3) is 5.91 Å². The van der Waals surface area contributed by atoms with Crippen molar-refractivity contribution < 1.29 is 13.6 Å². The van der Waals surface area contributed by atoms with Gasteiger partial charge >= 0.3 is 0 Å². The molecular weight excluding hydrogens is 230 g/mol. The first-order valence-corrected chi connectivity index (χ1v) is 4.74. The Morgan fingerprint density at radius 3 is 3.00 bits per heavy atom. The molecule has 0 atom stereocenters. The predicted molar refractivity (Wildman–Crippen MR) is 53.9 cm³/mol. The van der Waals surface area contributed by atoms with E-state index in [1.165, 1.54) is 6.20 Å². The van der Waals surface area contributed by atoms with Gasteiger partial charge in [-0.25, -0.2) is 9.37 Å². The van der Waals surface area contributed by atoms with Gasteiger partial charge in [-0.2, -0.15) is 9.49 Å². The summed E-state index contributed by atoms with van der Waals surface area (Å²) in [7, 11) is 0. The molecule has 2 heterocycles. The Hall–Kier alpha value is -2.31. The van der Waals surface area contributed by atoms with E-state index in [4.69, 9.17) is 0 Å². The SMILES string of the molecule is O=C(NCc1cn[nH]c1)c1ccnc(F)c1F. The van der Waals surface area contributed by atoms with Crippen molar-refractivity contribution in [1.82, 2.24) is 20.5 Å². The second kappa shape index (κ2) is 4.69. The summed E-state index contributed by atoms with van der Waals surface area (Å²) in [4.78, 5) is 14.6. The van der Waals surface area contributed by atoms with Crippen molar-refractivity contribution in [1.29, 1.82) is 0 Å². The molecule has 0 bridgehead atoms. The Kier molecular flexibility index (Phi) is 3.08. The molecule has 2 aromatic heterocycles. The van der Waals surface area contributed by atoms with Crippen LogP contribution in [-0.2, 0) is 6.54 Å². The summed E-state index contributed by atoms with van der Waals surface area (Å²) < 4.78 is 26.0. The van der Waals surface area contributed by atoms with Crippen LogP contribution in [0.5, 0.6) is 0 Å². The van der Waals surface area contributed by atoms with E-state index in [1.807, 2.05) is 0 Å². The van der Waals surface area contributed by atoms with Crippen LogP contribution in [0.15, 0.2) is 24.7 Å². The lowest BCUT2D eigenvalue weighted by Gasteiger charge is -2.04. The third-order valence-electron chi connectivity index (χ3n) is 2.10. The minimum absolute atomic E-state index is 0.179. The van der Waals surface area contributed by atoms with Gasteiger partial charge in [0.2, 0.25) is 5.95 Å². The second-order valence-electron chi connectivity index (χ2n) is 3.25. The molecule has 0 radical (unpaired) electrons. The van der Waals surface area contributed by atoms with Crippen molar-refractivity contribution in [3.8, 4) is 0 Å². The van der Waals surface area contributed by atoms with E-state index in [2.05, 4.69) is 20.5 Å². The van der Waals surface area contributed by atoms with E-state index in [9.17, 15) is 13.6 Å². The number of rotatable bonds is 3. The van der Waals surface area contributed by atoms with Gasteiger partial charge in [0, 0.05) is 24.5 Å². The number of H-pyrrole nitrogens is 1. The number of carbonyl (C=O) groups excluding carboxylic acids is 1. The molecule has 2 aromatic rings. The number of aromatic amines is 1. The number of hydrogen-bond donors (Lipinski definition) is 2. The molecule has 88 valence electrons. The van der Waals surface area contributed by atoms with Crippen molar-refractivity contribution >= 4 is 5.91 Å². The van der Waals surface area contributed by atoms with Gasteiger partial charge in [-0.1, -0.05) is 0 Å². The highest BCUT2D eigenvalue weighted by Gasteiger charge is 2.15. The Bertz CT molecular complexity index is 527. The van der Waals surface area contributed by atoms with Crippen molar-refractivity contribution in [2.75, 3.05) is 0 Å². The highest BCUT2D eigenvalue weighted by molar-refractivity contribution is 5.94. The summed E-state index contributed by atoms with van der Waals surface area (Å²) in [6.07, 6.45) is 4.14. The van der Waals surface area contributed by atoms with Crippen LogP contribution in [0.1, 0.15) is 15.9 Å². The van der Waals surface area contributed by atoms with Gasteiger partial charge in [0.1, 0.15) is 0 Å². The zero-order chi connectivity index (χ0) is 12.3. The van der Waals surface area contributed by atoms with Crippen LogP contribution in [0.4, 0.5) is 8.78 Å². The maximum absolute atomic E-state index is 13.2. The normalized spacial score (nSPS) is 10.2.